The summed E-state index contributed by atoms with van der Waals surface area (Å²) in [5.41, 5.74) is 1.35. The zero-order chi connectivity index (χ0) is 15.7. The fraction of sp³-hybridized carbons (Fsp3) is 0.412. The number of carbonyl (C=O) groups excluding carboxylic acids is 1. The molecule has 1 amide bonds. The van der Waals surface area contributed by atoms with Crippen molar-refractivity contribution in [2.75, 3.05) is 6.54 Å². The Morgan fingerprint density at radius 3 is 2.77 bits per heavy atom. The van der Waals surface area contributed by atoms with Crippen molar-refractivity contribution >= 4 is 5.91 Å². The highest BCUT2D eigenvalue weighted by atomic mass is 19.1. The lowest BCUT2D eigenvalue weighted by Crippen LogP contribution is -2.31. The Bertz CT molecular complexity index is 664. The van der Waals surface area contributed by atoms with Crippen LogP contribution in [-0.2, 0) is 0 Å². The molecule has 22 heavy (non-hydrogen) atoms. The quantitative estimate of drug-likeness (QED) is 0.863. The van der Waals surface area contributed by atoms with Crippen molar-refractivity contribution in [1.29, 1.82) is 0 Å². The van der Waals surface area contributed by atoms with Gasteiger partial charge in [-0.25, -0.2) is 9.37 Å². The largest absolute Gasteiger partial charge is 0.447 e. The van der Waals surface area contributed by atoms with E-state index in [1.54, 1.807) is 12.1 Å². The van der Waals surface area contributed by atoms with Crippen molar-refractivity contribution in [3.63, 3.8) is 0 Å². The molecule has 0 N–H and O–H groups in total. The van der Waals surface area contributed by atoms with Gasteiger partial charge in [0.15, 0.2) is 12.1 Å². The number of aromatic nitrogens is 1. The number of amides is 1. The molecule has 0 radical (unpaired) electrons. The molecule has 0 bridgehead atoms. The Balaban J connectivity index is 1.88. The van der Waals surface area contributed by atoms with Crippen LogP contribution in [0.1, 0.15) is 60.5 Å². The predicted octanol–water partition coefficient (Wildman–Crippen LogP) is 3.91. The van der Waals surface area contributed by atoms with E-state index in [-0.39, 0.29) is 23.7 Å². The molecule has 5 heteroatoms. The highest BCUT2D eigenvalue weighted by Gasteiger charge is 2.33. The standard InChI is InChI=1S/C17H19FN2O2/c1-11(2)16-15(19-10-22-16)17(21)20-9-3-4-14(20)12-5-7-13(18)8-6-12/h5-8,10-11,14H,3-4,9H2,1-2H3. The van der Waals surface area contributed by atoms with Crippen LogP contribution in [0.15, 0.2) is 35.1 Å². The lowest BCUT2D eigenvalue weighted by molar-refractivity contribution is 0.0727. The van der Waals surface area contributed by atoms with Crippen LogP contribution >= 0.6 is 0 Å². The molecule has 2 aromatic rings. The van der Waals surface area contributed by atoms with E-state index in [0.29, 0.717) is 18.0 Å². The summed E-state index contributed by atoms with van der Waals surface area (Å²) in [6, 6.07) is 6.35. The second kappa shape index (κ2) is 5.91. The van der Waals surface area contributed by atoms with Gasteiger partial charge < -0.3 is 9.32 Å². The summed E-state index contributed by atoms with van der Waals surface area (Å²) in [6.45, 7) is 4.63. The molecule has 1 aromatic carbocycles. The van der Waals surface area contributed by atoms with Gasteiger partial charge in [0, 0.05) is 12.5 Å². The molecular formula is C17H19FN2O2. The number of rotatable bonds is 3. The van der Waals surface area contributed by atoms with E-state index in [2.05, 4.69) is 4.98 Å². The Kier molecular flexibility index (Phi) is 3.96. The Labute approximate surface area is 129 Å². The summed E-state index contributed by atoms with van der Waals surface area (Å²) in [5, 5.41) is 0. The van der Waals surface area contributed by atoms with Crippen molar-refractivity contribution in [1.82, 2.24) is 9.88 Å². The number of hydrogen-bond donors (Lipinski definition) is 0. The lowest BCUT2D eigenvalue weighted by Gasteiger charge is -2.24. The fourth-order valence-corrected chi connectivity index (χ4v) is 3.00. The van der Waals surface area contributed by atoms with Crippen LogP contribution < -0.4 is 0 Å². The van der Waals surface area contributed by atoms with Gasteiger partial charge in [-0.05, 0) is 30.5 Å². The molecule has 4 nitrogen and oxygen atoms in total. The number of oxazole rings is 1. The predicted molar refractivity (Wildman–Crippen MR) is 80.0 cm³/mol. The van der Waals surface area contributed by atoms with Gasteiger partial charge in [-0.15, -0.1) is 0 Å². The van der Waals surface area contributed by atoms with Gasteiger partial charge in [-0.1, -0.05) is 26.0 Å². The highest BCUT2D eigenvalue weighted by molar-refractivity contribution is 5.93. The van der Waals surface area contributed by atoms with E-state index in [4.69, 9.17) is 4.42 Å². The summed E-state index contributed by atoms with van der Waals surface area (Å²) in [4.78, 5) is 18.7. The molecule has 1 aliphatic rings. The van der Waals surface area contributed by atoms with Gasteiger partial charge in [-0.2, -0.15) is 0 Å². The molecule has 1 aliphatic heterocycles. The smallest absolute Gasteiger partial charge is 0.276 e. The second-order valence-corrected chi connectivity index (χ2v) is 5.93. The summed E-state index contributed by atoms with van der Waals surface area (Å²) >= 11 is 0. The zero-order valence-corrected chi connectivity index (χ0v) is 12.8. The average molecular weight is 302 g/mol. The molecule has 1 atom stereocenters. The van der Waals surface area contributed by atoms with Gasteiger partial charge in [-0.3, -0.25) is 4.79 Å². The number of halogens is 1. The monoisotopic (exact) mass is 302 g/mol. The third kappa shape index (κ3) is 2.63. The molecule has 0 spiro atoms. The van der Waals surface area contributed by atoms with Crippen LogP contribution in [0.5, 0.6) is 0 Å². The maximum Gasteiger partial charge on any atom is 0.276 e. The van der Waals surface area contributed by atoms with Crippen LogP contribution in [0, 0.1) is 5.82 Å². The van der Waals surface area contributed by atoms with Crippen LogP contribution in [0.3, 0.4) is 0 Å². The number of hydrogen-bond acceptors (Lipinski definition) is 3. The third-order valence-electron chi connectivity index (χ3n) is 4.09. The summed E-state index contributed by atoms with van der Waals surface area (Å²) in [5.74, 6) is 0.352. The molecule has 1 aromatic heterocycles. The first-order chi connectivity index (χ1) is 10.6. The van der Waals surface area contributed by atoms with Crippen LogP contribution in [0.2, 0.25) is 0 Å². The van der Waals surface area contributed by atoms with Crippen molar-refractivity contribution in [3.05, 3.63) is 53.5 Å². The van der Waals surface area contributed by atoms with Crippen LogP contribution in [0.4, 0.5) is 4.39 Å². The van der Waals surface area contributed by atoms with Crippen molar-refractivity contribution in [2.45, 2.75) is 38.6 Å². The van der Waals surface area contributed by atoms with Gasteiger partial charge >= 0.3 is 0 Å². The highest BCUT2D eigenvalue weighted by Crippen LogP contribution is 2.34. The minimum atomic E-state index is -0.266. The second-order valence-electron chi connectivity index (χ2n) is 5.93. The fourth-order valence-electron chi connectivity index (χ4n) is 3.00. The average Bonchev–Trinajstić information content (AvgIpc) is 3.16. The minimum absolute atomic E-state index is 0.0233. The first-order valence-electron chi connectivity index (χ1n) is 7.57. The van der Waals surface area contributed by atoms with E-state index >= 15 is 0 Å². The normalized spacial score (nSPS) is 18.2. The summed E-state index contributed by atoms with van der Waals surface area (Å²) in [6.07, 6.45) is 3.14. The minimum Gasteiger partial charge on any atom is -0.447 e. The van der Waals surface area contributed by atoms with Crippen LogP contribution in [-0.4, -0.2) is 22.3 Å². The zero-order valence-electron chi connectivity index (χ0n) is 12.8. The van der Waals surface area contributed by atoms with E-state index in [1.165, 1.54) is 18.5 Å². The Hall–Kier alpha value is -2.17. The molecule has 1 unspecified atom stereocenters. The SMILES string of the molecule is CC(C)c1ocnc1C(=O)N1CCCC1c1ccc(F)cc1. The number of likely N-dealkylation sites (tertiary alicyclic amines) is 1. The molecule has 1 fully saturated rings. The van der Waals surface area contributed by atoms with Gasteiger partial charge in [0.2, 0.25) is 0 Å². The van der Waals surface area contributed by atoms with Crippen LogP contribution in [0.25, 0.3) is 0 Å². The van der Waals surface area contributed by atoms with Crippen molar-refractivity contribution in [3.8, 4) is 0 Å². The first kappa shape index (κ1) is 14.8. The first-order valence-corrected chi connectivity index (χ1v) is 7.57. The van der Waals surface area contributed by atoms with E-state index in [1.807, 2.05) is 18.7 Å². The summed E-state index contributed by atoms with van der Waals surface area (Å²) < 4.78 is 18.4. The Morgan fingerprint density at radius 2 is 2.09 bits per heavy atom. The van der Waals surface area contributed by atoms with E-state index in [9.17, 15) is 9.18 Å². The Morgan fingerprint density at radius 1 is 1.36 bits per heavy atom. The molecule has 0 aliphatic carbocycles. The van der Waals surface area contributed by atoms with Gasteiger partial charge in [0.1, 0.15) is 11.6 Å². The summed E-state index contributed by atoms with van der Waals surface area (Å²) in [7, 11) is 0. The van der Waals surface area contributed by atoms with E-state index in [0.717, 1.165) is 18.4 Å². The van der Waals surface area contributed by atoms with Gasteiger partial charge in [0.25, 0.3) is 5.91 Å². The van der Waals surface area contributed by atoms with Gasteiger partial charge in [0.05, 0.1) is 6.04 Å². The maximum absolute atomic E-state index is 13.1. The molecule has 0 saturated carbocycles. The molecule has 116 valence electrons. The number of nitrogens with zero attached hydrogens (tertiary/aromatic N) is 2. The molecular weight excluding hydrogens is 283 g/mol. The maximum atomic E-state index is 13.1. The number of benzene rings is 1. The van der Waals surface area contributed by atoms with E-state index < -0.39 is 0 Å². The third-order valence-corrected chi connectivity index (χ3v) is 4.09. The van der Waals surface area contributed by atoms with Crippen molar-refractivity contribution in [2.24, 2.45) is 0 Å². The van der Waals surface area contributed by atoms with Crippen molar-refractivity contribution < 1.29 is 13.6 Å². The number of carbonyl (C=O) groups is 1. The lowest BCUT2D eigenvalue weighted by atomic mass is 10.0. The molecule has 1 saturated heterocycles. The molecule has 2 heterocycles. The topological polar surface area (TPSA) is 46.3 Å². The molecule has 3 rings (SSSR count).